The second kappa shape index (κ2) is 4.70. The van der Waals surface area contributed by atoms with Crippen LogP contribution in [0.2, 0.25) is 0 Å². The number of methoxy groups -OCH3 is 1. The predicted molar refractivity (Wildman–Crippen MR) is 87.9 cm³/mol. The summed E-state index contributed by atoms with van der Waals surface area (Å²) in [6, 6.07) is 17.9. The van der Waals surface area contributed by atoms with Crippen molar-refractivity contribution in [2.75, 3.05) is 7.11 Å². The van der Waals surface area contributed by atoms with Crippen molar-refractivity contribution in [1.82, 2.24) is 0 Å². The van der Waals surface area contributed by atoms with E-state index in [0.29, 0.717) is 0 Å². The third kappa shape index (κ3) is 1.64. The number of hydrogen-bond acceptors (Lipinski definition) is 2. The smallest absolute Gasteiger partial charge is 0.193 e. The molecular weight excluding hydrogens is 272 g/mol. The Bertz CT molecular complexity index is 909. The van der Waals surface area contributed by atoms with Gasteiger partial charge in [0.2, 0.25) is 0 Å². The van der Waals surface area contributed by atoms with Gasteiger partial charge < -0.3 is 4.74 Å². The number of ether oxygens (including phenoxy) is 1. The summed E-state index contributed by atoms with van der Waals surface area (Å²) in [5.41, 5.74) is 3.68. The van der Waals surface area contributed by atoms with Crippen molar-refractivity contribution in [1.29, 1.82) is 0 Å². The minimum absolute atomic E-state index is 0.0905. The van der Waals surface area contributed by atoms with E-state index >= 15 is 0 Å². The van der Waals surface area contributed by atoms with E-state index in [1.807, 2.05) is 42.5 Å². The van der Waals surface area contributed by atoms with Crippen LogP contribution in [0.1, 0.15) is 39.9 Å². The van der Waals surface area contributed by atoms with Gasteiger partial charge in [0.15, 0.2) is 5.78 Å². The molecule has 0 heterocycles. The molecule has 3 aromatic rings. The summed E-state index contributed by atoms with van der Waals surface area (Å²) in [5.74, 6) is 1.01. The summed E-state index contributed by atoms with van der Waals surface area (Å²) in [4.78, 5) is 12.9. The fourth-order valence-corrected chi connectivity index (χ4v) is 3.62. The van der Waals surface area contributed by atoms with Crippen LogP contribution in [0.15, 0.2) is 54.6 Å². The third-order valence-electron chi connectivity index (χ3n) is 4.61. The van der Waals surface area contributed by atoms with Gasteiger partial charge in [0.25, 0.3) is 0 Å². The van der Waals surface area contributed by atoms with E-state index in [1.165, 1.54) is 5.39 Å². The Morgan fingerprint density at radius 2 is 1.64 bits per heavy atom. The standard InChI is InChI=1S/C20H16O2/c1-12-18-14-7-4-3-6-13(14)10-11-16(18)20(21)15-8-5-9-17(22-2)19(12)15/h3-12H,1-2H3. The molecule has 0 spiro atoms. The van der Waals surface area contributed by atoms with Crippen molar-refractivity contribution in [3.05, 3.63) is 76.9 Å². The van der Waals surface area contributed by atoms with Gasteiger partial charge in [-0.05, 0) is 22.4 Å². The van der Waals surface area contributed by atoms with Gasteiger partial charge in [0.1, 0.15) is 5.75 Å². The lowest BCUT2D eigenvalue weighted by Gasteiger charge is -2.27. The van der Waals surface area contributed by atoms with Crippen molar-refractivity contribution >= 4 is 16.6 Å². The molecule has 22 heavy (non-hydrogen) atoms. The molecule has 0 saturated heterocycles. The summed E-state index contributed by atoms with van der Waals surface area (Å²) in [5, 5.41) is 2.32. The van der Waals surface area contributed by atoms with Gasteiger partial charge in [-0.2, -0.15) is 0 Å². The number of ketones is 1. The van der Waals surface area contributed by atoms with Gasteiger partial charge in [0.05, 0.1) is 7.11 Å². The van der Waals surface area contributed by atoms with Crippen LogP contribution in [-0.2, 0) is 0 Å². The Balaban J connectivity index is 2.09. The Kier molecular flexibility index (Phi) is 2.80. The minimum Gasteiger partial charge on any atom is -0.496 e. The van der Waals surface area contributed by atoms with Crippen LogP contribution >= 0.6 is 0 Å². The Morgan fingerprint density at radius 3 is 2.45 bits per heavy atom. The quantitative estimate of drug-likeness (QED) is 0.657. The van der Waals surface area contributed by atoms with Crippen LogP contribution in [0.3, 0.4) is 0 Å². The molecule has 3 aromatic carbocycles. The van der Waals surface area contributed by atoms with Crippen LogP contribution in [0.25, 0.3) is 10.8 Å². The molecule has 0 saturated carbocycles. The maximum absolute atomic E-state index is 12.9. The number of hydrogen-bond donors (Lipinski definition) is 0. The number of benzene rings is 3. The zero-order chi connectivity index (χ0) is 15.3. The van der Waals surface area contributed by atoms with Crippen LogP contribution in [0.5, 0.6) is 5.75 Å². The summed E-state index contributed by atoms with van der Waals surface area (Å²) in [7, 11) is 1.66. The summed E-state index contributed by atoms with van der Waals surface area (Å²) < 4.78 is 5.51. The molecule has 0 fully saturated rings. The van der Waals surface area contributed by atoms with E-state index in [-0.39, 0.29) is 11.7 Å². The van der Waals surface area contributed by atoms with Crippen LogP contribution in [-0.4, -0.2) is 12.9 Å². The topological polar surface area (TPSA) is 26.3 Å². The molecule has 1 aliphatic carbocycles. The van der Waals surface area contributed by atoms with E-state index in [1.54, 1.807) is 7.11 Å². The summed E-state index contributed by atoms with van der Waals surface area (Å²) in [6.45, 7) is 2.15. The lowest BCUT2D eigenvalue weighted by atomic mass is 9.76. The van der Waals surface area contributed by atoms with Crippen LogP contribution in [0.4, 0.5) is 0 Å². The van der Waals surface area contributed by atoms with Crippen molar-refractivity contribution in [2.24, 2.45) is 0 Å². The summed E-state index contributed by atoms with van der Waals surface area (Å²) in [6.07, 6.45) is 0. The second-order valence-corrected chi connectivity index (χ2v) is 5.72. The van der Waals surface area contributed by atoms with Crippen molar-refractivity contribution < 1.29 is 9.53 Å². The zero-order valence-electron chi connectivity index (χ0n) is 12.6. The van der Waals surface area contributed by atoms with Gasteiger partial charge in [0, 0.05) is 22.6 Å². The van der Waals surface area contributed by atoms with E-state index < -0.39 is 0 Å². The molecule has 108 valence electrons. The highest BCUT2D eigenvalue weighted by molar-refractivity contribution is 6.15. The molecule has 1 atom stereocenters. The van der Waals surface area contributed by atoms with Crippen molar-refractivity contribution in [3.8, 4) is 5.75 Å². The molecule has 1 unspecified atom stereocenters. The molecule has 0 radical (unpaired) electrons. The van der Waals surface area contributed by atoms with Crippen LogP contribution < -0.4 is 4.74 Å². The van der Waals surface area contributed by atoms with Gasteiger partial charge in [-0.15, -0.1) is 0 Å². The van der Waals surface area contributed by atoms with Gasteiger partial charge in [-0.1, -0.05) is 55.5 Å². The molecule has 0 aliphatic heterocycles. The maximum Gasteiger partial charge on any atom is 0.193 e. The molecule has 0 aromatic heterocycles. The highest BCUT2D eigenvalue weighted by Gasteiger charge is 2.32. The number of fused-ring (bicyclic) bond motifs is 4. The summed E-state index contributed by atoms with van der Waals surface area (Å²) >= 11 is 0. The first-order valence-corrected chi connectivity index (χ1v) is 7.45. The fraction of sp³-hybridized carbons (Fsp3) is 0.150. The molecular formula is C20H16O2. The zero-order valence-corrected chi connectivity index (χ0v) is 12.6. The number of carbonyl (C=O) groups is 1. The minimum atomic E-state index is 0.0905. The lowest BCUT2D eigenvalue weighted by molar-refractivity contribution is 0.103. The normalized spacial score (nSPS) is 16.3. The molecule has 2 nitrogen and oxygen atoms in total. The van der Waals surface area contributed by atoms with E-state index in [0.717, 1.165) is 33.4 Å². The molecule has 0 amide bonds. The predicted octanol–water partition coefficient (Wildman–Crippen LogP) is 4.54. The molecule has 1 aliphatic rings. The van der Waals surface area contributed by atoms with E-state index in [4.69, 9.17) is 4.74 Å². The SMILES string of the molecule is COc1cccc2c1C(C)c1c(ccc3ccccc13)C2=O. The first kappa shape index (κ1) is 13.1. The third-order valence-corrected chi connectivity index (χ3v) is 4.61. The first-order valence-electron chi connectivity index (χ1n) is 7.45. The number of carbonyl (C=O) groups excluding carboxylic acids is 1. The van der Waals surface area contributed by atoms with Crippen molar-refractivity contribution in [2.45, 2.75) is 12.8 Å². The Morgan fingerprint density at radius 1 is 0.864 bits per heavy atom. The van der Waals surface area contributed by atoms with Gasteiger partial charge >= 0.3 is 0 Å². The Labute approximate surface area is 129 Å². The Hall–Kier alpha value is -2.61. The number of rotatable bonds is 1. The first-order chi connectivity index (χ1) is 10.7. The van der Waals surface area contributed by atoms with Gasteiger partial charge in [-0.25, -0.2) is 0 Å². The van der Waals surface area contributed by atoms with Crippen molar-refractivity contribution in [3.63, 3.8) is 0 Å². The fourth-order valence-electron chi connectivity index (χ4n) is 3.62. The molecule has 0 N–H and O–H groups in total. The molecule has 0 bridgehead atoms. The molecule has 4 rings (SSSR count). The van der Waals surface area contributed by atoms with Crippen LogP contribution in [0, 0.1) is 0 Å². The lowest BCUT2D eigenvalue weighted by Crippen LogP contribution is -2.19. The van der Waals surface area contributed by atoms with E-state index in [2.05, 4.69) is 19.1 Å². The monoisotopic (exact) mass is 288 g/mol. The maximum atomic E-state index is 12.9. The average Bonchev–Trinajstić information content (AvgIpc) is 2.58. The van der Waals surface area contributed by atoms with Gasteiger partial charge in [-0.3, -0.25) is 4.79 Å². The highest BCUT2D eigenvalue weighted by Crippen LogP contribution is 2.43. The molecule has 2 heteroatoms. The largest absolute Gasteiger partial charge is 0.496 e. The average molecular weight is 288 g/mol. The highest BCUT2D eigenvalue weighted by atomic mass is 16.5. The van der Waals surface area contributed by atoms with E-state index in [9.17, 15) is 4.79 Å². The second-order valence-electron chi connectivity index (χ2n) is 5.72.